The molecule has 2 N–H and O–H groups in total. The van der Waals surface area contributed by atoms with Gasteiger partial charge >= 0.3 is 5.97 Å². The van der Waals surface area contributed by atoms with Crippen molar-refractivity contribution in [3.8, 4) is 0 Å². The van der Waals surface area contributed by atoms with Crippen LogP contribution in [0.3, 0.4) is 0 Å². The molecule has 0 aliphatic carbocycles. The maximum atomic E-state index is 11.3. The van der Waals surface area contributed by atoms with Crippen LogP contribution >= 0.6 is 0 Å². The second-order valence-corrected chi connectivity index (χ2v) is 3.45. The lowest BCUT2D eigenvalue weighted by Gasteiger charge is -2.15. The molecule has 0 atom stereocenters. The summed E-state index contributed by atoms with van der Waals surface area (Å²) < 4.78 is 5.02. The van der Waals surface area contributed by atoms with E-state index >= 15 is 0 Å². The van der Waals surface area contributed by atoms with Gasteiger partial charge in [-0.05, 0) is 6.42 Å². The maximum absolute atomic E-state index is 11.3. The summed E-state index contributed by atoms with van der Waals surface area (Å²) in [5.41, 5.74) is -0.153. The van der Waals surface area contributed by atoms with Gasteiger partial charge in [0.1, 0.15) is 12.8 Å². The average molecular weight is 225 g/mol. The van der Waals surface area contributed by atoms with Crippen LogP contribution < -0.4 is 10.2 Å². The topological polar surface area (TPSA) is 95.7 Å². The fourth-order valence-corrected chi connectivity index (χ4v) is 1.48. The van der Waals surface area contributed by atoms with Gasteiger partial charge in [-0.1, -0.05) is 0 Å². The highest BCUT2D eigenvalue weighted by Gasteiger charge is 2.20. The molecule has 1 aromatic heterocycles. The Kier molecular flexibility index (Phi) is 2.76. The van der Waals surface area contributed by atoms with Crippen molar-refractivity contribution in [2.45, 2.75) is 6.42 Å². The van der Waals surface area contributed by atoms with E-state index in [9.17, 15) is 9.59 Å². The molecular weight excluding hydrogens is 214 g/mol. The number of carbonyl (C=O) groups excluding carboxylic acids is 1. The van der Waals surface area contributed by atoms with Gasteiger partial charge in [0.05, 0.1) is 0 Å². The molecule has 1 amide bonds. The number of oxazole rings is 1. The van der Waals surface area contributed by atoms with E-state index in [0.717, 1.165) is 12.7 Å². The van der Waals surface area contributed by atoms with Crippen molar-refractivity contribution < 1.29 is 19.1 Å². The van der Waals surface area contributed by atoms with E-state index in [1.165, 1.54) is 0 Å². The minimum Gasteiger partial charge on any atom is -0.476 e. The van der Waals surface area contributed by atoms with Gasteiger partial charge in [-0.2, -0.15) is 4.98 Å². The molecule has 0 saturated carbocycles. The zero-order valence-electron chi connectivity index (χ0n) is 8.47. The number of rotatable bonds is 2. The maximum Gasteiger partial charge on any atom is 0.357 e. The van der Waals surface area contributed by atoms with Crippen LogP contribution in [-0.2, 0) is 4.79 Å². The summed E-state index contributed by atoms with van der Waals surface area (Å²) in [7, 11) is 0. The number of carbonyl (C=O) groups is 2. The number of nitrogens with one attached hydrogen (secondary N) is 1. The zero-order chi connectivity index (χ0) is 11.5. The zero-order valence-corrected chi connectivity index (χ0v) is 8.47. The van der Waals surface area contributed by atoms with Crippen LogP contribution in [0.5, 0.6) is 0 Å². The normalized spacial score (nSPS) is 16.8. The van der Waals surface area contributed by atoms with Crippen molar-refractivity contribution in [1.82, 2.24) is 10.3 Å². The second kappa shape index (κ2) is 4.21. The number of carboxylic acids is 1. The highest BCUT2D eigenvalue weighted by Crippen LogP contribution is 2.14. The van der Waals surface area contributed by atoms with E-state index < -0.39 is 5.97 Å². The number of amides is 1. The quantitative estimate of drug-likeness (QED) is 0.717. The summed E-state index contributed by atoms with van der Waals surface area (Å²) in [6, 6.07) is 0.175. The molecule has 0 unspecified atom stereocenters. The van der Waals surface area contributed by atoms with Gasteiger partial charge in [0.25, 0.3) is 6.01 Å². The summed E-state index contributed by atoms with van der Waals surface area (Å²) in [5, 5.41) is 11.4. The summed E-state index contributed by atoms with van der Waals surface area (Å²) in [4.78, 5) is 27.3. The Labute approximate surface area is 91.1 Å². The molecule has 2 heterocycles. The Balaban J connectivity index is 2.15. The molecule has 0 radical (unpaired) electrons. The predicted octanol–water partition coefficient (Wildman–Crippen LogP) is -0.301. The van der Waals surface area contributed by atoms with E-state index in [2.05, 4.69) is 10.3 Å². The Hall–Kier alpha value is -2.05. The number of nitrogens with zero attached hydrogens (tertiary/aromatic N) is 2. The molecule has 1 saturated heterocycles. The molecule has 1 aliphatic rings. The van der Waals surface area contributed by atoms with E-state index in [1.54, 1.807) is 4.90 Å². The molecule has 7 nitrogen and oxygen atoms in total. The van der Waals surface area contributed by atoms with E-state index in [0.29, 0.717) is 13.1 Å². The summed E-state index contributed by atoms with van der Waals surface area (Å²) in [6.45, 7) is 1.36. The average Bonchev–Trinajstić information content (AvgIpc) is 2.63. The summed E-state index contributed by atoms with van der Waals surface area (Å²) >= 11 is 0. The molecule has 16 heavy (non-hydrogen) atoms. The highest BCUT2D eigenvalue weighted by atomic mass is 16.4. The number of carboxylic acid groups (broad SMARTS) is 1. The van der Waals surface area contributed by atoms with Crippen LogP contribution in [0, 0.1) is 0 Å². The predicted molar refractivity (Wildman–Crippen MR) is 53.3 cm³/mol. The first kappa shape index (κ1) is 10.5. The van der Waals surface area contributed by atoms with Crippen molar-refractivity contribution in [2.75, 3.05) is 24.5 Å². The molecule has 2 rings (SSSR count). The molecule has 0 aromatic carbocycles. The van der Waals surface area contributed by atoms with Gasteiger partial charge in [-0.15, -0.1) is 0 Å². The van der Waals surface area contributed by atoms with E-state index in [-0.39, 0.29) is 24.2 Å². The third-order valence-electron chi connectivity index (χ3n) is 2.24. The Morgan fingerprint density at radius 3 is 3.12 bits per heavy atom. The Morgan fingerprint density at radius 1 is 1.62 bits per heavy atom. The Bertz CT molecular complexity index is 415. The molecule has 1 aliphatic heterocycles. The third-order valence-corrected chi connectivity index (χ3v) is 2.24. The van der Waals surface area contributed by atoms with Crippen molar-refractivity contribution in [1.29, 1.82) is 0 Å². The number of hydrogen-bond donors (Lipinski definition) is 2. The first-order valence-corrected chi connectivity index (χ1v) is 4.87. The smallest absolute Gasteiger partial charge is 0.357 e. The molecule has 1 aromatic rings. The van der Waals surface area contributed by atoms with Gasteiger partial charge in [0.15, 0.2) is 5.69 Å². The van der Waals surface area contributed by atoms with Crippen LogP contribution in [-0.4, -0.2) is 41.6 Å². The fourth-order valence-electron chi connectivity index (χ4n) is 1.48. The van der Waals surface area contributed by atoms with Gasteiger partial charge in [-0.3, -0.25) is 4.79 Å². The monoisotopic (exact) mass is 225 g/mol. The standard InChI is InChI=1S/C9H11N3O4/c13-7-4-12(3-1-2-10-7)9-11-6(5-16-9)8(14)15/h5H,1-4H2,(H,10,13)(H,14,15). The molecule has 86 valence electrons. The molecule has 0 spiro atoms. The van der Waals surface area contributed by atoms with Gasteiger partial charge in [0, 0.05) is 13.1 Å². The van der Waals surface area contributed by atoms with Gasteiger partial charge in [-0.25, -0.2) is 4.79 Å². The van der Waals surface area contributed by atoms with Crippen molar-refractivity contribution in [3.63, 3.8) is 0 Å². The van der Waals surface area contributed by atoms with Crippen molar-refractivity contribution in [3.05, 3.63) is 12.0 Å². The number of aromatic carboxylic acids is 1. The molecular formula is C9H11N3O4. The lowest BCUT2D eigenvalue weighted by molar-refractivity contribution is -0.119. The SMILES string of the molecule is O=C1CN(c2nc(C(=O)O)co2)CCCN1. The minimum atomic E-state index is -1.14. The van der Waals surface area contributed by atoms with Crippen molar-refractivity contribution >= 4 is 17.9 Å². The van der Waals surface area contributed by atoms with Gasteiger partial charge < -0.3 is 19.7 Å². The first-order chi connectivity index (χ1) is 7.66. The van der Waals surface area contributed by atoms with E-state index in [1.807, 2.05) is 0 Å². The summed E-state index contributed by atoms with van der Waals surface area (Å²) in [6.07, 6.45) is 1.84. The lowest BCUT2D eigenvalue weighted by Crippen LogP contribution is -2.33. The number of aromatic nitrogens is 1. The minimum absolute atomic E-state index is 0.118. The van der Waals surface area contributed by atoms with Crippen LogP contribution in [0.15, 0.2) is 10.7 Å². The van der Waals surface area contributed by atoms with Gasteiger partial charge in [0.2, 0.25) is 5.91 Å². The summed E-state index contributed by atoms with van der Waals surface area (Å²) in [5.74, 6) is -1.26. The molecule has 0 bridgehead atoms. The first-order valence-electron chi connectivity index (χ1n) is 4.87. The fraction of sp³-hybridized carbons (Fsp3) is 0.444. The number of anilines is 1. The van der Waals surface area contributed by atoms with Crippen LogP contribution in [0.1, 0.15) is 16.9 Å². The molecule has 1 fully saturated rings. The van der Waals surface area contributed by atoms with Crippen LogP contribution in [0.4, 0.5) is 6.01 Å². The van der Waals surface area contributed by atoms with Crippen molar-refractivity contribution in [2.24, 2.45) is 0 Å². The highest BCUT2D eigenvalue weighted by molar-refractivity contribution is 5.85. The van der Waals surface area contributed by atoms with E-state index in [4.69, 9.17) is 9.52 Å². The third kappa shape index (κ3) is 2.13. The lowest BCUT2D eigenvalue weighted by atomic mass is 10.4. The Morgan fingerprint density at radius 2 is 2.44 bits per heavy atom. The largest absolute Gasteiger partial charge is 0.476 e. The van der Waals surface area contributed by atoms with Crippen LogP contribution in [0.2, 0.25) is 0 Å². The van der Waals surface area contributed by atoms with Crippen LogP contribution in [0.25, 0.3) is 0 Å². The molecule has 7 heteroatoms. The number of hydrogen-bond acceptors (Lipinski definition) is 5. The second-order valence-electron chi connectivity index (χ2n) is 3.45.